The zero-order valence-electron chi connectivity index (χ0n) is 14.1. The maximum atomic E-state index is 12.7. The standard InChI is InChI=1S/C18H24N4O3/c19-10-16(23)21-14-8-6-13-7-9-15(22(13)18(14)25)17(24)20-11-12-4-2-1-3-5-12/h1-5,13-15H,6-11,19H2,(H,20,24)(H,21,23). The Morgan fingerprint density at radius 2 is 1.84 bits per heavy atom. The molecule has 134 valence electrons. The smallest absolute Gasteiger partial charge is 0.246 e. The van der Waals surface area contributed by atoms with Crippen LogP contribution in [0.2, 0.25) is 0 Å². The molecule has 7 heteroatoms. The Balaban J connectivity index is 1.63. The van der Waals surface area contributed by atoms with Crippen LogP contribution in [0.3, 0.4) is 0 Å². The first kappa shape index (κ1) is 17.4. The third-order valence-corrected chi connectivity index (χ3v) is 4.98. The van der Waals surface area contributed by atoms with Crippen molar-refractivity contribution >= 4 is 17.7 Å². The zero-order valence-corrected chi connectivity index (χ0v) is 14.1. The molecule has 3 rings (SSSR count). The molecule has 3 unspecified atom stereocenters. The van der Waals surface area contributed by atoms with Crippen LogP contribution in [-0.2, 0) is 20.9 Å². The molecule has 0 saturated carbocycles. The number of nitrogens with one attached hydrogen (secondary N) is 2. The minimum Gasteiger partial charge on any atom is -0.350 e. The Labute approximate surface area is 146 Å². The van der Waals surface area contributed by atoms with E-state index in [0.29, 0.717) is 19.4 Å². The van der Waals surface area contributed by atoms with Crippen LogP contribution < -0.4 is 16.4 Å². The van der Waals surface area contributed by atoms with Gasteiger partial charge in [0.05, 0.1) is 6.54 Å². The molecule has 0 aromatic heterocycles. The van der Waals surface area contributed by atoms with Gasteiger partial charge in [-0.1, -0.05) is 30.3 Å². The van der Waals surface area contributed by atoms with Crippen molar-refractivity contribution < 1.29 is 14.4 Å². The number of amides is 3. The molecule has 4 N–H and O–H groups in total. The van der Waals surface area contributed by atoms with E-state index in [2.05, 4.69) is 10.6 Å². The summed E-state index contributed by atoms with van der Waals surface area (Å²) in [7, 11) is 0. The molecule has 0 bridgehead atoms. The minimum atomic E-state index is -0.574. The summed E-state index contributed by atoms with van der Waals surface area (Å²) in [4.78, 5) is 38.5. The molecule has 0 spiro atoms. The average Bonchev–Trinajstić information content (AvgIpc) is 3.07. The van der Waals surface area contributed by atoms with Gasteiger partial charge >= 0.3 is 0 Å². The maximum Gasteiger partial charge on any atom is 0.246 e. The van der Waals surface area contributed by atoms with Gasteiger partial charge in [0.2, 0.25) is 17.7 Å². The van der Waals surface area contributed by atoms with Crippen molar-refractivity contribution in [1.29, 1.82) is 0 Å². The molecule has 2 saturated heterocycles. The van der Waals surface area contributed by atoms with Crippen LogP contribution >= 0.6 is 0 Å². The summed E-state index contributed by atoms with van der Waals surface area (Å²) in [6, 6.07) is 8.72. The lowest BCUT2D eigenvalue weighted by Gasteiger charge is -2.37. The Bertz CT molecular complexity index is 649. The number of benzene rings is 1. The molecule has 0 aliphatic carbocycles. The molecule has 2 aliphatic rings. The number of hydrogen-bond donors (Lipinski definition) is 3. The van der Waals surface area contributed by atoms with Gasteiger partial charge < -0.3 is 21.3 Å². The number of carbonyl (C=O) groups excluding carboxylic acids is 3. The van der Waals surface area contributed by atoms with E-state index in [1.807, 2.05) is 30.3 Å². The lowest BCUT2D eigenvalue weighted by atomic mass is 9.98. The highest BCUT2D eigenvalue weighted by atomic mass is 16.2. The number of piperidine rings is 1. The lowest BCUT2D eigenvalue weighted by Crippen LogP contribution is -2.59. The second-order valence-electron chi connectivity index (χ2n) is 6.60. The Kier molecular flexibility index (Phi) is 5.33. The van der Waals surface area contributed by atoms with E-state index < -0.39 is 12.1 Å². The van der Waals surface area contributed by atoms with Gasteiger partial charge in [-0.3, -0.25) is 14.4 Å². The van der Waals surface area contributed by atoms with Crippen molar-refractivity contribution in [3.8, 4) is 0 Å². The van der Waals surface area contributed by atoms with Crippen molar-refractivity contribution in [3.05, 3.63) is 35.9 Å². The van der Waals surface area contributed by atoms with Crippen LogP contribution in [-0.4, -0.2) is 47.3 Å². The summed E-state index contributed by atoms with van der Waals surface area (Å²) >= 11 is 0. The fourth-order valence-corrected chi connectivity index (χ4v) is 3.71. The van der Waals surface area contributed by atoms with Crippen LogP contribution in [0.4, 0.5) is 0 Å². The lowest BCUT2D eigenvalue weighted by molar-refractivity contribution is -0.146. The number of fused-ring (bicyclic) bond motifs is 1. The highest BCUT2D eigenvalue weighted by molar-refractivity contribution is 5.93. The minimum absolute atomic E-state index is 0.0889. The predicted octanol–water partition coefficient (Wildman–Crippen LogP) is -0.100. The molecule has 3 amide bonds. The van der Waals surface area contributed by atoms with Gasteiger partial charge in [-0.05, 0) is 31.2 Å². The molecule has 25 heavy (non-hydrogen) atoms. The first-order valence-corrected chi connectivity index (χ1v) is 8.73. The Morgan fingerprint density at radius 1 is 1.12 bits per heavy atom. The first-order valence-electron chi connectivity index (χ1n) is 8.73. The van der Waals surface area contributed by atoms with Gasteiger partial charge in [-0.15, -0.1) is 0 Å². The summed E-state index contributed by atoms with van der Waals surface area (Å²) in [5.74, 6) is -0.651. The monoisotopic (exact) mass is 344 g/mol. The van der Waals surface area contributed by atoms with Gasteiger partial charge in [-0.2, -0.15) is 0 Å². The molecular formula is C18H24N4O3. The van der Waals surface area contributed by atoms with Crippen molar-refractivity contribution in [2.24, 2.45) is 5.73 Å². The maximum absolute atomic E-state index is 12.7. The van der Waals surface area contributed by atoms with E-state index >= 15 is 0 Å². The molecule has 0 radical (unpaired) electrons. The van der Waals surface area contributed by atoms with Crippen molar-refractivity contribution in [2.75, 3.05) is 6.54 Å². The highest BCUT2D eigenvalue weighted by Gasteiger charge is 2.46. The highest BCUT2D eigenvalue weighted by Crippen LogP contribution is 2.32. The van der Waals surface area contributed by atoms with Crippen LogP contribution in [0, 0.1) is 0 Å². The summed E-state index contributed by atoms with van der Waals surface area (Å²) < 4.78 is 0. The molecule has 1 aromatic carbocycles. The van der Waals surface area contributed by atoms with Crippen LogP contribution in [0.5, 0.6) is 0 Å². The number of rotatable bonds is 5. The van der Waals surface area contributed by atoms with Crippen molar-refractivity contribution in [1.82, 2.24) is 15.5 Å². The summed E-state index contributed by atoms with van der Waals surface area (Å²) in [5, 5.41) is 5.58. The fraction of sp³-hybridized carbons (Fsp3) is 0.500. The van der Waals surface area contributed by atoms with E-state index in [9.17, 15) is 14.4 Å². The Hall–Kier alpha value is -2.41. The second kappa shape index (κ2) is 7.65. The van der Waals surface area contributed by atoms with E-state index in [1.165, 1.54) is 0 Å². The normalized spacial score (nSPS) is 25.4. The van der Waals surface area contributed by atoms with Gasteiger partial charge in [-0.25, -0.2) is 0 Å². The fourth-order valence-electron chi connectivity index (χ4n) is 3.71. The van der Waals surface area contributed by atoms with Gasteiger partial charge in [0.1, 0.15) is 12.1 Å². The number of nitrogens with two attached hydrogens (primary N) is 1. The third kappa shape index (κ3) is 3.82. The predicted molar refractivity (Wildman–Crippen MR) is 92.2 cm³/mol. The number of carbonyl (C=O) groups is 3. The molecule has 3 atom stereocenters. The van der Waals surface area contributed by atoms with E-state index in [0.717, 1.165) is 18.4 Å². The van der Waals surface area contributed by atoms with Crippen LogP contribution in [0.25, 0.3) is 0 Å². The van der Waals surface area contributed by atoms with E-state index in [4.69, 9.17) is 5.73 Å². The van der Waals surface area contributed by atoms with Crippen LogP contribution in [0.15, 0.2) is 30.3 Å². The topological polar surface area (TPSA) is 105 Å². The molecular weight excluding hydrogens is 320 g/mol. The van der Waals surface area contributed by atoms with Gasteiger partial charge in [0.15, 0.2) is 0 Å². The summed E-state index contributed by atoms with van der Waals surface area (Å²) in [6.07, 6.45) is 2.88. The van der Waals surface area contributed by atoms with Crippen LogP contribution in [0.1, 0.15) is 31.2 Å². The zero-order chi connectivity index (χ0) is 17.8. The average molecular weight is 344 g/mol. The van der Waals surface area contributed by atoms with Gasteiger partial charge in [0.25, 0.3) is 0 Å². The Morgan fingerprint density at radius 3 is 2.56 bits per heavy atom. The summed E-state index contributed by atoms with van der Waals surface area (Å²) in [5.41, 5.74) is 6.33. The number of hydrogen-bond acceptors (Lipinski definition) is 4. The SMILES string of the molecule is NCC(=O)NC1CCC2CCC(C(=O)NCc3ccccc3)N2C1=O. The number of nitrogens with zero attached hydrogens (tertiary/aromatic N) is 1. The third-order valence-electron chi connectivity index (χ3n) is 4.98. The quantitative estimate of drug-likeness (QED) is 0.694. The second-order valence-corrected chi connectivity index (χ2v) is 6.60. The largest absolute Gasteiger partial charge is 0.350 e. The molecule has 7 nitrogen and oxygen atoms in total. The molecule has 1 aromatic rings. The molecule has 2 fully saturated rings. The van der Waals surface area contributed by atoms with E-state index in [-0.39, 0.29) is 30.3 Å². The first-order chi connectivity index (χ1) is 12.1. The summed E-state index contributed by atoms with van der Waals surface area (Å²) in [6.45, 7) is 0.296. The molecule has 2 heterocycles. The van der Waals surface area contributed by atoms with Crippen molar-refractivity contribution in [2.45, 2.75) is 50.4 Å². The molecule has 2 aliphatic heterocycles. The van der Waals surface area contributed by atoms with E-state index in [1.54, 1.807) is 4.90 Å². The van der Waals surface area contributed by atoms with Crippen molar-refractivity contribution in [3.63, 3.8) is 0 Å². The van der Waals surface area contributed by atoms with Gasteiger partial charge in [0, 0.05) is 12.6 Å².